The summed E-state index contributed by atoms with van der Waals surface area (Å²) >= 11 is 5.95. The minimum atomic E-state index is -0.333. The van der Waals surface area contributed by atoms with Gasteiger partial charge in [-0.25, -0.2) is 0 Å². The zero-order valence-electron chi connectivity index (χ0n) is 12.5. The molecule has 2 rings (SSSR count). The van der Waals surface area contributed by atoms with Crippen LogP contribution >= 0.6 is 11.6 Å². The first-order valence-electron chi connectivity index (χ1n) is 6.46. The Morgan fingerprint density at radius 2 is 1.68 bits per heavy atom. The van der Waals surface area contributed by atoms with E-state index >= 15 is 0 Å². The Balaban J connectivity index is 2.31. The number of carbonyl (C=O) groups is 1. The van der Waals surface area contributed by atoms with E-state index in [2.05, 4.69) is 5.32 Å². The van der Waals surface area contributed by atoms with Gasteiger partial charge in [0.15, 0.2) is 0 Å². The first kappa shape index (κ1) is 16.0. The van der Waals surface area contributed by atoms with Crippen LogP contribution in [0.5, 0.6) is 17.2 Å². The fourth-order valence-electron chi connectivity index (χ4n) is 1.95. The third-order valence-corrected chi connectivity index (χ3v) is 3.30. The number of rotatable bonds is 5. The average molecular weight is 322 g/mol. The van der Waals surface area contributed by atoms with Gasteiger partial charge in [0.1, 0.15) is 17.2 Å². The molecule has 0 aliphatic carbocycles. The maximum absolute atomic E-state index is 12.4. The average Bonchev–Trinajstić information content (AvgIpc) is 2.54. The van der Waals surface area contributed by atoms with Gasteiger partial charge in [-0.3, -0.25) is 4.79 Å². The van der Waals surface area contributed by atoms with Gasteiger partial charge >= 0.3 is 0 Å². The van der Waals surface area contributed by atoms with Crippen molar-refractivity contribution in [2.75, 3.05) is 26.6 Å². The van der Waals surface area contributed by atoms with E-state index in [1.165, 1.54) is 14.2 Å². The summed E-state index contributed by atoms with van der Waals surface area (Å²) in [5.41, 5.74) is 0.864. The Bertz CT molecular complexity index is 688. The SMILES string of the molecule is COc1ccc(C(=O)Nc2cc(Cl)ccc2OC)c(OC)c1. The van der Waals surface area contributed by atoms with E-state index in [4.69, 9.17) is 25.8 Å². The summed E-state index contributed by atoms with van der Waals surface area (Å²) < 4.78 is 15.5. The van der Waals surface area contributed by atoms with Gasteiger partial charge in [-0.1, -0.05) is 11.6 Å². The van der Waals surface area contributed by atoms with Gasteiger partial charge in [-0.15, -0.1) is 0 Å². The molecule has 0 fully saturated rings. The monoisotopic (exact) mass is 321 g/mol. The van der Waals surface area contributed by atoms with Gasteiger partial charge < -0.3 is 19.5 Å². The molecule has 0 spiro atoms. The summed E-state index contributed by atoms with van der Waals surface area (Å²) in [4.78, 5) is 12.4. The van der Waals surface area contributed by atoms with Crippen molar-refractivity contribution < 1.29 is 19.0 Å². The molecule has 1 N–H and O–H groups in total. The Labute approximate surface area is 133 Å². The van der Waals surface area contributed by atoms with E-state index in [-0.39, 0.29) is 5.91 Å². The number of hydrogen-bond acceptors (Lipinski definition) is 4. The molecule has 0 unspecified atom stereocenters. The Morgan fingerprint density at radius 1 is 0.955 bits per heavy atom. The maximum Gasteiger partial charge on any atom is 0.259 e. The van der Waals surface area contributed by atoms with Crippen LogP contribution in [0.15, 0.2) is 36.4 Å². The number of methoxy groups -OCH3 is 3. The van der Waals surface area contributed by atoms with Crippen LogP contribution in [0.4, 0.5) is 5.69 Å². The predicted molar refractivity (Wildman–Crippen MR) is 85.5 cm³/mol. The van der Waals surface area contributed by atoms with Crippen molar-refractivity contribution >= 4 is 23.2 Å². The normalized spacial score (nSPS) is 10.0. The van der Waals surface area contributed by atoms with Crippen LogP contribution in [-0.2, 0) is 0 Å². The molecular weight excluding hydrogens is 306 g/mol. The van der Waals surface area contributed by atoms with Crippen molar-refractivity contribution in [1.29, 1.82) is 0 Å². The van der Waals surface area contributed by atoms with Crippen molar-refractivity contribution in [3.05, 3.63) is 47.0 Å². The fourth-order valence-corrected chi connectivity index (χ4v) is 2.13. The standard InChI is InChI=1S/C16H16ClNO4/c1-20-11-5-6-12(15(9-11)22-3)16(19)18-13-8-10(17)4-7-14(13)21-2/h4-9H,1-3H3,(H,18,19). The Hall–Kier alpha value is -2.40. The number of ether oxygens (including phenoxy) is 3. The molecule has 0 saturated carbocycles. The van der Waals surface area contributed by atoms with Crippen LogP contribution in [0.3, 0.4) is 0 Å². The predicted octanol–water partition coefficient (Wildman–Crippen LogP) is 3.62. The molecule has 2 aromatic rings. The van der Waals surface area contributed by atoms with E-state index in [9.17, 15) is 4.79 Å². The largest absolute Gasteiger partial charge is 0.497 e. The lowest BCUT2D eigenvalue weighted by Gasteiger charge is -2.13. The van der Waals surface area contributed by atoms with E-state index in [1.54, 1.807) is 43.5 Å². The second kappa shape index (κ2) is 7.04. The van der Waals surface area contributed by atoms with Gasteiger partial charge in [-0.2, -0.15) is 0 Å². The second-order valence-corrected chi connectivity index (χ2v) is 4.80. The van der Waals surface area contributed by atoms with Gasteiger partial charge in [0.05, 0.1) is 32.6 Å². The molecule has 0 aliphatic heterocycles. The van der Waals surface area contributed by atoms with Crippen LogP contribution in [0.1, 0.15) is 10.4 Å². The van der Waals surface area contributed by atoms with Crippen LogP contribution in [0, 0.1) is 0 Å². The molecular formula is C16H16ClNO4. The number of carbonyl (C=O) groups excluding carboxylic acids is 1. The zero-order valence-corrected chi connectivity index (χ0v) is 13.2. The van der Waals surface area contributed by atoms with E-state index in [1.807, 2.05) is 0 Å². The van der Waals surface area contributed by atoms with Crippen LogP contribution in [-0.4, -0.2) is 27.2 Å². The maximum atomic E-state index is 12.4. The molecule has 0 heterocycles. The molecule has 0 atom stereocenters. The smallest absolute Gasteiger partial charge is 0.259 e. The van der Waals surface area contributed by atoms with E-state index in [0.717, 1.165) is 0 Å². The summed E-state index contributed by atoms with van der Waals surface area (Å²) in [5.74, 6) is 1.21. The first-order chi connectivity index (χ1) is 10.6. The molecule has 22 heavy (non-hydrogen) atoms. The molecule has 0 saturated heterocycles. The highest BCUT2D eigenvalue weighted by molar-refractivity contribution is 6.31. The fraction of sp³-hybridized carbons (Fsp3) is 0.188. The summed E-state index contributed by atoms with van der Waals surface area (Å²) in [7, 11) is 4.56. The summed E-state index contributed by atoms with van der Waals surface area (Å²) in [6, 6.07) is 9.95. The number of halogens is 1. The van der Waals surface area contributed by atoms with Crippen molar-refractivity contribution in [3.63, 3.8) is 0 Å². The first-order valence-corrected chi connectivity index (χ1v) is 6.83. The second-order valence-electron chi connectivity index (χ2n) is 4.36. The molecule has 0 bridgehead atoms. The number of benzene rings is 2. The lowest BCUT2D eigenvalue weighted by Crippen LogP contribution is -2.14. The molecule has 1 amide bonds. The number of anilines is 1. The third-order valence-electron chi connectivity index (χ3n) is 3.06. The lowest BCUT2D eigenvalue weighted by molar-refractivity contribution is 0.102. The van der Waals surface area contributed by atoms with Gasteiger partial charge in [0, 0.05) is 11.1 Å². The van der Waals surface area contributed by atoms with E-state index in [0.29, 0.717) is 33.5 Å². The molecule has 5 nitrogen and oxygen atoms in total. The van der Waals surface area contributed by atoms with Gasteiger partial charge in [0.2, 0.25) is 0 Å². The zero-order chi connectivity index (χ0) is 16.1. The van der Waals surface area contributed by atoms with Gasteiger partial charge in [-0.05, 0) is 30.3 Å². The summed E-state index contributed by atoms with van der Waals surface area (Å²) in [6.07, 6.45) is 0. The van der Waals surface area contributed by atoms with Crippen LogP contribution in [0.2, 0.25) is 5.02 Å². The topological polar surface area (TPSA) is 56.8 Å². The van der Waals surface area contributed by atoms with Gasteiger partial charge in [0.25, 0.3) is 5.91 Å². The highest BCUT2D eigenvalue weighted by atomic mass is 35.5. The summed E-state index contributed by atoms with van der Waals surface area (Å²) in [6.45, 7) is 0. The quantitative estimate of drug-likeness (QED) is 0.914. The summed E-state index contributed by atoms with van der Waals surface area (Å²) in [5, 5.41) is 3.26. The molecule has 116 valence electrons. The van der Waals surface area contributed by atoms with Crippen molar-refractivity contribution in [1.82, 2.24) is 0 Å². The Morgan fingerprint density at radius 3 is 2.32 bits per heavy atom. The minimum Gasteiger partial charge on any atom is -0.497 e. The third kappa shape index (κ3) is 3.43. The lowest BCUT2D eigenvalue weighted by atomic mass is 10.1. The highest BCUT2D eigenvalue weighted by Gasteiger charge is 2.15. The number of amides is 1. The van der Waals surface area contributed by atoms with E-state index < -0.39 is 0 Å². The van der Waals surface area contributed by atoms with Crippen molar-refractivity contribution in [2.45, 2.75) is 0 Å². The molecule has 0 aliphatic rings. The van der Waals surface area contributed by atoms with Crippen LogP contribution < -0.4 is 19.5 Å². The number of nitrogens with one attached hydrogen (secondary N) is 1. The molecule has 2 aromatic carbocycles. The number of hydrogen-bond donors (Lipinski definition) is 1. The van der Waals surface area contributed by atoms with Crippen molar-refractivity contribution in [2.24, 2.45) is 0 Å². The highest BCUT2D eigenvalue weighted by Crippen LogP contribution is 2.30. The van der Waals surface area contributed by atoms with Crippen molar-refractivity contribution in [3.8, 4) is 17.2 Å². The molecule has 0 radical (unpaired) electrons. The minimum absolute atomic E-state index is 0.333. The molecule has 6 heteroatoms. The Kier molecular flexibility index (Phi) is 5.12. The van der Waals surface area contributed by atoms with Crippen LogP contribution in [0.25, 0.3) is 0 Å². The molecule has 0 aromatic heterocycles.